The zero-order valence-electron chi connectivity index (χ0n) is 12.9. The van der Waals surface area contributed by atoms with E-state index in [1.807, 2.05) is 35.7 Å². The molecule has 24 heavy (non-hydrogen) atoms. The zero-order chi connectivity index (χ0) is 16.7. The Morgan fingerprint density at radius 1 is 1.21 bits per heavy atom. The number of fused-ring (bicyclic) bond motifs is 2. The minimum absolute atomic E-state index is 0.784. The molecule has 0 atom stereocenters. The summed E-state index contributed by atoms with van der Waals surface area (Å²) in [5.41, 5.74) is 2.56. The Kier molecular flexibility index (Phi) is 3.43. The van der Waals surface area contributed by atoms with E-state index in [2.05, 4.69) is 24.3 Å². The predicted molar refractivity (Wildman–Crippen MR) is 97.4 cm³/mol. The number of nitrogens with zero attached hydrogens (tertiary/aromatic N) is 2. The monoisotopic (exact) mass is 334 g/mol. The Labute approximate surface area is 142 Å². The van der Waals surface area contributed by atoms with E-state index in [1.54, 1.807) is 17.4 Å². The van der Waals surface area contributed by atoms with Gasteiger partial charge in [-0.05, 0) is 29.8 Å². The van der Waals surface area contributed by atoms with Crippen LogP contribution in [0.3, 0.4) is 0 Å². The second-order valence-corrected chi connectivity index (χ2v) is 6.79. The molecule has 4 rings (SSSR count). The smallest absolute Gasteiger partial charge is 0.328 e. The highest BCUT2D eigenvalue weighted by atomic mass is 32.1. The lowest BCUT2D eigenvalue weighted by molar-refractivity contribution is -0.131. The van der Waals surface area contributed by atoms with Crippen molar-refractivity contribution in [2.24, 2.45) is 0 Å². The second kappa shape index (κ2) is 5.62. The van der Waals surface area contributed by atoms with E-state index in [1.165, 1.54) is 5.39 Å². The Morgan fingerprint density at radius 3 is 2.79 bits per heavy atom. The summed E-state index contributed by atoms with van der Waals surface area (Å²) in [7, 11) is 0. The predicted octanol–water partition coefficient (Wildman–Crippen LogP) is 4.62. The van der Waals surface area contributed by atoms with Crippen molar-refractivity contribution in [3.8, 4) is 11.3 Å². The van der Waals surface area contributed by atoms with Crippen LogP contribution in [0.25, 0.3) is 33.1 Å². The van der Waals surface area contributed by atoms with Crippen LogP contribution < -0.4 is 0 Å². The molecule has 0 fully saturated rings. The van der Waals surface area contributed by atoms with Crippen LogP contribution in [0.1, 0.15) is 10.6 Å². The first-order valence-corrected chi connectivity index (χ1v) is 8.32. The van der Waals surface area contributed by atoms with Crippen molar-refractivity contribution in [1.29, 1.82) is 0 Å². The molecule has 118 valence electrons. The average Bonchev–Trinajstić information content (AvgIpc) is 3.08. The molecular formula is C19H14N2O2S. The maximum absolute atomic E-state index is 10.9. The highest BCUT2D eigenvalue weighted by Gasteiger charge is 2.14. The van der Waals surface area contributed by atoms with E-state index in [9.17, 15) is 4.79 Å². The van der Waals surface area contributed by atoms with Crippen LogP contribution in [-0.4, -0.2) is 20.5 Å². The molecule has 5 heteroatoms. The number of aryl methyl sites for hydroxylation is 1. The molecule has 1 N–H and O–H groups in total. The maximum Gasteiger partial charge on any atom is 0.328 e. The van der Waals surface area contributed by atoms with Crippen LogP contribution in [0.2, 0.25) is 0 Å². The summed E-state index contributed by atoms with van der Waals surface area (Å²) in [6.07, 6.45) is 4.75. The van der Waals surface area contributed by atoms with Crippen LogP contribution in [-0.2, 0) is 4.79 Å². The van der Waals surface area contributed by atoms with E-state index in [4.69, 9.17) is 10.1 Å². The summed E-state index contributed by atoms with van der Waals surface area (Å²) in [4.78, 5) is 17.7. The lowest BCUT2D eigenvalue weighted by Gasteiger charge is -2.03. The molecule has 4 nitrogen and oxygen atoms in total. The molecule has 4 aromatic rings. The quantitative estimate of drug-likeness (QED) is 0.556. The van der Waals surface area contributed by atoms with Crippen molar-refractivity contribution in [2.45, 2.75) is 6.92 Å². The van der Waals surface area contributed by atoms with Gasteiger partial charge in [-0.15, -0.1) is 11.3 Å². The summed E-state index contributed by atoms with van der Waals surface area (Å²) < 4.78 is 1.95. The third kappa shape index (κ3) is 2.49. The van der Waals surface area contributed by atoms with Gasteiger partial charge < -0.3 is 5.11 Å². The molecule has 0 aliphatic carbocycles. The van der Waals surface area contributed by atoms with E-state index in [0.29, 0.717) is 0 Å². The third-order valence-electron chi connectivity index (χ3n) is 3.89. The van der Waals surface area contributed by atoms with Gasteiger partial charge in [0.1, 0.15) is 0 Å². The number of hydrogen-bond acceptors (Lipinski definition) is 3. The summed E-state index contributed by atoms with van der Waals surface area (Å²) >= 11 is 1.59. The molecule has 0 unspecified atom stereocenters. The molecule has 0 saturated heterocycles. The number of rotatable bonds is 3. The summed E-state index contributed by atoms with van der Waals surface area (Å²) in [5, 5.41) is 11.3. The highest BCUT2D eigenvalue weighted by Crippen LogP contribution is 2.31. The minimum atomic E-state index is -0.971. The average molecular weight is 334 g/mol. The Balaban J connectivity index is 1.95. The third-order valence-corrected chi connectivity index (χ3v) is 4.78. The fourth-order valence-corrected chi connectivity index (χ4v) is 3.66. The van der Waals surface area contributed by atoms with Gasteiger partial charge in [0, 0.05) is 22.7 Å². The van der Waals surface area contributed by atoms with E-state index >= 15 is 0 Å². The van der Waals surface area contributed by atoms with Gasteiger partial charge in [0.15, 0.2) is 4.96 Å². The molecule has 2 aromatic carbocycles. The van der Waals surface area contributed by atoms with Gasteiger partial charge in [0.25, 0.3) is 0 Å². The summed E-state index contributed by atoms with van der Waals surface area (Å²) in [6, 6.07) is 14.3. The number of aromatic nitrogens is 2. The molecule has 0 radical (unpaired) electrons. The summed E-state index contributed by atoms with van der Waals surface area (Å²) in [5.74, 6) is -0.971. The largest absolute Gasteiger partial charge is 0.478 e. The minimum Gasteiger partial charge on any atom is -0.478 e. The normalized spacial score (nSPS) is 11.7. The van der Waals surface area contributed by atoms with Crippen molar-refractivity contribution < 1.29 is 9.90 Å². The highest BCUT2D eigenvalue weighted by molar-refractivity contribution is 7.17. The molecule has 0 amide bonds. The van der Waals surface area contributed by atoms with Gasteiger partial charge in [-0.3, -0.25) is 4.40 Å². The number of thiazole rings is 1. The molecule has 0 saturated carbocycles. The lowest BCUT2D eigenvalue weighted by Crippen LogP contribution is -1.90. The summed E-state index contributed by atoms with van der Waals surface area (Å²) in [6.45, 7) is 2.01. The van der Waals surface area contributed by atoms with E-state index in [-0.39, 0.29) is 0 Å². The van der Waals surface area contributed by atoms with Crippen molar-refractivity contribution in [2.75, 3.05) is 0 Å². The maximum atomic E-state index is 10.9. The second-order valence-electron chi connectivity index (χ2n) is 5.57. The lowest BCUT2D eigenvalue weighted by atomic mass is 10.0. The molecular weight excluding hydrogens is 320 g/mol. The first-order valence-electron chi connectivity index (χ1n) is 7.50. The number of imidazole rings is 1. The van der Waals surface area contributed by atoms with Crippen LogP contribution in [0.4, 0.5) is 0 Å². The van der Waals surface area contributed by atoms with Gasteiger partial charge in [-0.1, -0.05) is 36.4 Å². The SMILES string of the molecule is Cc1cn2c(/C=C/C(=O)O)c(-c3ccc4ccccc4c3)nc2s1. The molecule has 0 spiro atoms. The number of benzene rings is 2. The van der Waals surface area contributed by atoms with Crippen LogP contribution in [0, 0.1) is 6.92 Å². The van der Waals surface area contributed by atoms with Gasteiger partial charge in [-0.2, -0.15) is 0 Å². The zero-order valence-corrected chi connectivity index (χ0v) is 13.7. The number of carboxylic acid groups (broad SMARTS) is 1. The number of carboxylic acids is 1. The Morgan fingerprint density at radius 2 is 2.00 bits per heavy atom. The van der Waals surface area contributed by atoms with Crippen molar-refractivity contribution in [3.63, 3.8) is 0 Å². The molecule has 0 aliphatic heterocycles. The standard InChI is InChI=1S/C19H14N2O2S/c1-12-11-21-16(8-9-17(22)23)18(20-19(21)24-12)15-7-6-13-4-2-3-5-14(13)10-15/h2-11H,1H3,(H,22,23)/b9-8+. The van der Waals surface area contributed by atoms with Crippen LogP contribution in [0.5, 0.6) is 0 Å². The Bertz CT molecular complexity index is 1110. The van der Waals surface area contributed by atoms with Gasteiger partial charge in [0.05, 0.1) is 11.4 Å². The number of aliphatic carboxylic acids is 1. The van der Waals surface area contributed by atoms with Crippen LogP contribution in [0.15, 0.2) is 54.7 Å². The molecule has 2 aromatic heterocycles. The first-order chi connectivity index (χ1) is 11.6. The number of carbonyl (C=O) groups is 1. The number of hydrogen-bond donors (Lipinski definition) is 1. The fraction of sp³-hybridized carbons (Fsp3) is 0.0526. The van der Waals surface area contributed by atoms with E-state index in [0.717, 1.165) is 38.3 Å². The molecule has 0 aliphatic rings. The van der Waals surface area contributed by atoms with Gasteiger partial charge in [-0.25, -0.2) is 9.78 Å². The van der Waals surface area contributed by atoms with Gasteiger partial charge >= 0.3 is 5.97 Å². The van der Waals surface area contributed by atoms with Gasteiger partial charge in [0.2, 0.25) is 0 Å². The topological polar surface area (TPSA) is 54.6 Å². The molecule has 2 heterocycles. The van der Waals surface area contributed by atoms with Crippen molar-refractivity contribution in [1.82, 2.24) is 9.38 Å². The fourth-order valence-electron chi connectivity index (χ4n) is 2.83. The first kappa shape index (κ1) is 14.7. The molecule has 0 bridgehead atoms. The van der Waals surface area contributed by atoms with Crippen LogP contribution >= 0.6 is 11.3 Å². The Hall–Kier alpha value is -2.92. The van der Waals surface area contributed by atoms with Crippen molar-refractivity contribution >= 4 is 39.1 Å². The van der Waals surface area contributed by atoms with E-state index < -0.39 is 5.97 Å². The van der Waals surface area contributed by atoms with Crippen molar-refractivity contribution in [3.05, 3.63) is 65.3 Å².